The van der Waals surface area contributed by atoms with Crippen LogP contribution in [0.25, 0.3) is 55.6 Å². The molecular formula is C62H46N4. The number of anilines is 4. The summed E-state index contributed by atoms with van der Waals surface area (Å²) in [6.45, 7) is 0. The third kappa shape index (κ3) is 9.12. The Kier molecular flexibility index (Phi) is 12.0. The van der Waals surface area contributed by atoms with Gasteiger partial charge < -0.3 is 10.2 Å². The lowest BCUT2D eigenvalue weighted by atomic mass is 9.89. The van der Waals surface area contributed by atoms with Gasteiger partial charge in [-0.1, -0.05) is 218 Å². The van der Waals surface area contributed by atoms with Crippen molar-refractivity contribution < 1.29 is 0 Å². The highest BCUT2D eigenvalue weighted by molar-refractivity contribution is 6.16. The molecule has 0 saturated heterocycles. The zero-order valence-electron chi connectivity index (χ0n) is 36.3. The van der Waals surface area contributed by atoms with E-state index >= 15 is 0 Å². The second-order valence-corrected chi connectivity index (χ2v) is 16.0. The number of benzene rings is 10. The molecule has 0 radical (unpaired) electrons. The van der Waals surface area contributed by atoms with E-state index in [1.54, 1.807) is 0 Å². The topological polar surface area (TPSA) is 51.5 Å². The predicted molar refractivity (Wildman–Crippen MR) is 278 cm³/mol. The molecule has 0 aliphatic rings. The van der Waals surface area contributed by atoms with Gasteiger partial charge in [0.1, 0.15) is 5.84 Å². The first-order valence-electron chi connectivity index (χ1n) is 22.2. The first-order valence-corrected chi connectivity index (χ1v) is 22.2. The largest absolute Gasteiger partial charge is 0.340 e. The number of para-hydroxylation sites is 2. The van der Waals surface area contributed by atoms with Crippen molar-refractivity contribution in [2.45, 2.75) is 0 Å². The molecule has 10 rings (SSSR count). The van der Waals surface area contributed by atoms with Crippen molar-refractivity contribution in [3.63, 3.8) is 0 Å². The average Bonchev–Trinajstić information content (AvgIpc) is 3.40. The van der Waals surface area contributed by atoms with Crippen LogP contribution in [0.2, 0.25) is 0 Å². The third-order valence-corrected chi connectivity index (χ3v) is 11.8. The van der Waals surface area contributed by atoms with Gasteiger partial charge in [0, 0.05) is 33.9 Å². The maximum Gasteiger partial charge on any atom is 0.154 e. The summed E-state index contributed by atoms with van der Waals surface area (Å²) in [7, 11) is 0. The van der Waals surface area contributed by atoms with E-state index in [1.807, 2.05) is 60.7 Å². The fourth-order valence-corrected chi connectivity index (χ4v) is 8.44. The lowest BCUT2D eigenvalue weighted by Crippen LogP contribution is -2.16. The Balaban J connectivity index is 0.939. The van der Waals surface area contributed by atoms with Gasteiger partial charge in [-0.3, -0.25) is 5.41 Å². The standard InChI is InChI=1S/C62H46N4/c63-61(51-33-29-47(30-34-51)45-17-5-1-6-18-45)65-62(52-35-31-48(32-36-52)46-19-7-2-8-20-46)64-53-41-37-49(38-42-53)57-25-13-15-27-59(57)60-28-16-14-26-58(60)50-39-43-56(44-40-50)66(54-21-9-3-10-22-54)55-23-11-4-12-24-55/h1-44H,(H2,63,64,65). The van der Waals surface area contributed by atoms with Crippen LogP contribution >= 0.6 is 0 Å². The molecule has 0 heterocycles. The van der Waals surface area contributed by atoms with Gasteiger partial charge in [-0.15, -0.1) is 0 Å². The maximum absolute atomic E-state index is 9.13. The van der Waals surface area contributed by atoms with Crippen LogP contribution in [0.1, 0.15) is 11.1 Å². The fraction of sp³-hybridized carbons (Fsp3) is 0. The van der Waals surface area contributed by atoms with Crippen LogP contribution < -0.4 is 10.2 Å². The normalized spacial score (nSPS) is 11.2. The second-order valence-electron chi connectivity index (χ2n) is 16.0. The van der Waals surface area contributed by atoms with Gasteiger partial charge in [-0.05, 0) is 104 Å². The van der Waals surface area contributed by atoms with E-state index in [-0.39, 0.29) is 5.84 Å². The van der Waals surface area contributed by atoms with Gasteiger partial charge in [-0.2, -0.15) is 0 Å². The third-order valence-electron chi connectivity index (χ3n) is 11.8. The first kappa shape index (κ1) is 41.2. The van der Waals surface area contributed by atoms with Crippen molar-refractivity contribution in [3.8, 4) is 55.6 Å². The van der Waals surface area contributed by atoms with Crippen molar-refractivity contribution in [2.24, 2.45) is 4.99 Å². The molecule has 4 nitrogen and oxygen atoms in total. The number of rotatable bonds is 11. The molecule has 0 spiro atoms. The number of aliphatic imine (C=N–C) groups is 1. The number of hydrogen-bond donors (Lipinski definition) is 2. The lowest BCUT2D eigenvalue weighted by Gasteiger charge is -2.25. The van der Waals surface area contributed by atoms with Crippen LogP contribution in [0.15, 0.2) is 272 Å². The molecule has 10 aromatic rings. The Morgan fingerprint density at radius 3 is 1.09 bits per heavy atom. The summed E-state index contributed by atoms with van der Waals surface area (Å²) in [5.74, 6) is 0.767. The second kappa shape index (κ2) is 19.3. The van der Waals surface area contributed by atoms with Crippen molar-refractivity contribution in [1.82, 2.24) is 0 Å². The minimum Gasteiger partial charge on any atom is -0.340 e. The molecule has 2 N–H and O–H groups in total. The summed E-state index contributed by atoms with van der Waals surface area (Å²) >= 11 is 0. The van der Waals surface area contributed by atoms with Gasteiger partial charge in [-0.25, -0.2) is 4.99 Å². The molecule has 0 aromatic heterocycles. The molecule has 0 unspecified atom stereocenters. The van der Waals surface area contributed by atoms with E-state index in [0.29, 0.717) is 5.84 Å². The highest BCUT2D eigenvalue weighted by atomic mass is 15.1. The quantitative estimate of drug-likeness (QED) is 0.101. The highest BCUT2D eigenvalue weighted by Crippen LogP contribution is 2.40. The fourth-order valence-electron chi connectivity index (χ4n) is 8.44. The Hall–Kier alpha value is -8.86. The van der Waals surface area contributed by atoms with Crippen LogP contribution in [-0.2, 0) is 0 Å². The van der Waals surface area contributed by atoms with Crippen LogP contribution in [0.5, 0.6) is 0 Å². The Labute approximate surface area is 387 Å². The van der Waals surface area contributed by atoms with Gasteiger partial charge in [0.15, 0.2) is 5.84 Å². The molecule has 0 bridgehead atoms. The smallest absolute Gasteiger partial charge is 0.154 e. The minimum absolute atomic E-state index is 0.174. The Bertz CT molecular complexity index is 3180. The van der Waals surface area contributed by atoms with Gasteiger partial charge in [0.05, 0.1) is 0 Å². The zero-order chi connectivity index (χ0) is 44.5. The van der Waals surface area contributed by atoms with E-state index in [4.69, 9.17) is 10.4 Å². The monoisotopic (exact) mass is 846 g/mol. The number of amidine groups is 2. The lowest BCUT2D eigenvalue weighted by molar-refractivity contribution is 1.28. The Morgan fingerprint density at radius 1 is 0.303 bits per heavy atom. The van der Waals surface area contributed by atoms with E-state index in [2.05, 4.69) is 216 Å². The molecule has 0 saturated carbocycles. The highest BCUT2D eigenvalue weighted by Gasteiger charge is 2.16. The van der Waals surface area contributed by atoms with Crippen LogP contribution in [0.3, 0.4) is 0 Å². The van der Waals surface area contributed by atoms with Gasteiger partial charge in [0.25, 0.3) is 0 Å². The predicted octanol–water partition coefficient (Wildman–Crippen LogP) is 16.4. The van der Waals surface area contributed by atoms with E-state index in [1.165, 1.54) is 0 Å². The molecule has 0 amide bonds. The minimum atomic E-state index is 0.174. The number of nitrogens with one attached hydrogen (secondary N) is 2. The van der Waals surface area contributed by atoms with Crippen LogP contribution in [0, 0.1) is 5.41 Å². The molecule has 4 heteroatoms. The van der Waals surface area contributed by atoms with E-state index in [0.717, 1.165) is 89.5 Å². The molecular weight excluding hydrogens is 801 g/mol. The van der Waals surface area contributed by atoms with Crippen LogP contribution in [0.4, 0.5) is 22.7 Å². The summed E-state index contributed by atoms with van der Waals surface area (Å²) in [5, 5.41) is 12.7. The summed E-state index contributed by atoms with van der Waals surface area (Å²) in [6, 6.07) is 92.7. The Morgan fingerprint density at radius 2 is 0.636 bits per heavy atom. The van der Waals surface area contributed by atoms with Crippen LogP contribution in [-0.4, -0.2) is 11.7 Å². The number of nitrogens with zero attached hydrogens (tertiary/aromatic N) is 2. The van der Waals surface area contributed by atoms with Crippen molar-refractivity contribution in [1.29, 1.82) is 5.41 Å². The zero-order valence-corrected chi connectivity index (χ0v) is 36.3. The molecule has 0 atom stereocenters. The summed E-state index contributed by atoms with van der Waals surface area (Å²) < 4.78 is 0. The molecule has 66 heavy (non-hydrogen) atoms. The van der Waals surface area contributed by atoms with E-state index < -0.39 is 0 Å². The average molecular weight is 847 g/mol. The molecule has 10 aromatic carbocycles. The van der Waals surface area contributed by atoms with Crippen molar-refractivity contribution in [2.75, 3.05) is 10.2 Å². The maximum atomic E-state index is 9.13. The van der Waals surface area contributed by atoms with Gasteiger partial charge >= 0.3 is 0 Å². The molecule has 0 aliphatic heterocycles. The molecule has 314 valence electrons. The summed E-state index contributed by atoms with van der Waals surface area (Å²) in [5.41, 5.74) is 17.1. The van der Waals surface area contributed by atoms with E-state index in [9.17, 15) is 0 Å². The van der Waals surface area contributed by atoms with Gasteiger partial charge in [0.2, 0.25) is 0 Å². The molecule has 0 aliphatic carbocycles. The number of hydrogen-bond acceptors (Lipinski definition) is 2. The summed E-state index contributed by atoms with van der Waals surface area (Å²) in [6.07, 6.45) is 0. The summed E-state index contributed by atoms with van der Waals surface area (Å²) in [4.78, 5) is 7.21. The van der Waals surface area contributed by atoms with Crippen molar-refractivity contribution >= 4 is 34.4 Å². The SMILES string of the molecule is N=C(N=C(Nc1ccc(-c2ccccc2-c2ccccc2-c2ccc(N(c3ccccc3)c3ccccc3)cc2)cc1)c1ccc(-c2ccccc2)cc1)c1ccc(-c2ccccc2)cc1. The first-order chi connectivity index (χ1) is 32.6. The molecule has 0 fully saturated rings. The van der Waals surface area contributed by atoms with Crippen molar-refractivity contribution in [3.05, 3.63) is 278 Å².